The zero-order valence-electron chi connectivity index (χ0n) is 8.79. The van der Waals surface area contributed by atoms with Gasteiger partial charge in [0.1, 0.15) is 0 Å². The number of benzene rings is 1. The Morgan fingerprint density at radius 2 is 2.12 bits per heavy atom. The van der Waals surface area contributed by atoms with E-state index in [1.807, 2.05) is 24.3 Å². The second kappa shape index (κ2) is 3.09. The van der Waals surface area contributed by atoms with Gasteiger partial charge in [-0.25, -0.2) is 4.79 Å². The molecule has 0 atom stereocenters. The summed E-state index contributed by atoms with van der Waals surface area (Å²) in [4.78, 5) is 16.4. The molecule has 0 radical (unpaired) electrons. The molecule has 1 heterocycles. The maximum atomic E-state index is 11.0. The maximum Gasteiger partial charge on any atom is 0.323 e. The Balaban J connectivity index is 2.05. The summed E-state index contributed by atoms with van der Waals surface area (Å²) in [6, 6.07) is 8.03. The number of hydrogen-bond acceptors (Lipinski definition) is 2. The van der Waals surface area contributed by atoms with Crippen LogP contribution in [0.25, 0.3) is 11.3 Å². The summed E-state index contributed by atoms with van der Waals surface area (Å²) in [5.41, 5.74) is 8.76. The van der Waals surface area contributed by atoms with Gasteiger partial charge in [-0.3, -0.25) is 0 Å². The SMILES string of the molecule is NC1(c2cccc(-c3c[nH]c(=O)[nH]3)c2)CC1. The summed E-state index contributed by atoms with van der Waals surface area (Å²) < 4.78 is 0. The molecule has 2 aromatic rings. The van der Waals surface area contributed by atoms with Gasteiger partial charge in [0.2, 0.25) is 0 Å². The van der Waals surface area contributed by atoms with E-state index in [0.717, 1.165) is 29.7 Å². The number of aromatic amines is 2. The molecule has 4 N–H and O–H groups in total. The van der Waals surface area contributed by atoms with E-state index in [0.29, 0.717) is 0 Å². The first-order valence-corrected chi connectivity index (χ1v) is 5.35. The average Bonchev–Trinajstić information content (AvgIpc) is 2.89. The molecule has 82 valence electrons. The molecule has 0 amide bonds. The van der Waals surface area contributed by atoms with Crippen LogP contribution in [0.3, 0.4) is 0 Å². The number of nitrogens with two attached hydrogens (primary N) is 1. The van der Waals surface area contributed by atoms with Crippen molar-refractivity contribution >= 4 is 0 Å². The molecule has 0 unspecified atom stereocenters. The highest BCUT2D eigenvalue weighted by atomic mass is 16.1. The summed E-state index contributed by atoms with van der Waals surface area (Å²) in [6.07, 6.45) is 3.76. The topological polar surface area (TPSA) is 74.7 Å². The summed E-state index contributed by atoms with van der Waals surface area (Å²) >= 11 is 0. The van der Waals surface area contributed by atoms with E-state index in [2.05, 4.69) is 9.97 Å². The molecule has 4 heteroatoms. The van der Waals surface area contributed by atoms with Crippen LogP contribution in [0.15, 0.2) is 35.3 Å². The van der Waals surface area contributed by atoms with Gasteiger partial charge in [0.25, 0.3) is 0 Å². The van der Waals surface area contributed by atoms with Gasteiger partial charge in [-0.05, 0) is 30.0 Å². The van der Waals surface area contributed by atoms with Crippen molar-refractivity contribution in [2.75, 3.05) is 0 Å². The van der Waals surface area contributed by atoms with Crippen molar-refractivity contribution in [2.24, 2.45) is 5.73 Å². The lowest BCUT2D eigenvalue weighted by molar-refractivity contribution is 0.740. The molecular weight excluding hydrogens is 202 g/mol. The van der Waals surface area contributed by atoms with Crippen LogP contribution >= 0.6 is 0 Å². The van der Waals surface area contributed by atoms with Crippen molar-refractivity contribution in [3.8, 4) is 11.3 Å². The van der Waals surface area contributed by atoms with E-state index in [9.17, 15) is 4.79 Å². The standard InChI is InChI=1S/C12H13N3O/c13-12(4-5-12)9-3-1-2-8(6-9)10-7-14-11(16)15-10/h1-3,6-7H,4-5,13H2,(H2,14,15,16). The summed E-state index contributed by atoms with van der Waals surface area (Å²) in [7, 11) is 0. The highest BCUT2D eigenvalue weighted by Crippen LogP contribution is 2.43. The van der Waals surface area contributed by atoms with Crippen molar-refractivity contribution in [3.63, 3.8) is 0 Å². The van der Waals surface area contributed by atoms with E-state index < -0.39 is 0 Å². The molecule has 1 aromatic heterocycles. The van der Waals surface area contributed by atoms with Crippen LogP contribution in [0.4, 0.5) is 0 Å². The van der Waals surface area contributed by atoms with Gasteiger partial charge in [0, 0.05) is 11.7 Å². The quantitative estimate of drug-likeness (QED) is 0.706. The molecule has 1 aliphatic carbocycles. The van der Waals surface area contributed by atoms with Crippen molar-refractivity contribution < 1.29 is 0 Å². The van der Waals surface area contributed by atoms with E-state index in [-0.39, 0.29) is 11.2 Å². The zero-order chi connectivity index (χ0) is 11.2. The molecule has 0 aliphatic heterocycles. The Hall–Kier alpha value is -1.81. The fraction of sp³-hybridized carbons (Fsp3) is 0.250. The highest BCUT2D eigenvalue weighted by Gasteiger charge is 2.39. The van der Waals surface area contributed by atoms with Gasteiger partial charge in [-0.2, -0.15) is 0 Å². The maximum absolute atomic E-state index is 11.0. The third kappa shape index (κ3) is 1.47. The number of aromatic nitrogens is 2. The lowest BCUT2D eigenvalue weighted by Crippen LogP contribution is -2.18. The van der Waals surface area contributed by atoms with Crippen molar-refractivity contribution in [2.45, 2.75) is 18.4 Å². The van der Waals surface area contributed by atoms with Gasteiger partial charge in [0.05, 0.1) is 5.69 Å². The first-order chi connectivity index (χ1) is 7.67. The van der Waals surface area contributed by atoms with Crippen LogP contribution in [-0.2, 0) is 5.54 Å². The Morgan fingerprint density at radius 3 is 2.75 bits per heavy atom. The molecule has 0 spiro atoms. The molecule has 0 bridgehead atoms. The van der Waals surface area contributed by atoms with Crippen LogP contribution < -0.4 is 11.4 Å². The zero-order valence-corrected chi connectivity index (χ0v) is 8.79. The third-order valence-corrected chi connectivity index (χ3v) is 3.13. The monoisotopic (exact) mass is 215 g/mol. The van der Waals surface area contributed by atoms with E-state index >= 15 is 0 Å². The van der Waals surface area contributed by atoms with Crippen LogP contribution in [-0.4, -0.2) is 9.97 Å². The third-order valence-electron chi connectivity index (χ3n) is 3.13. The van der Waals surface area contributed by atoms with Gasteiger partial charge in [-0.15, -0.1) is 0 Å². The second-order valence-corrected chi connectivity index (χ2v) is 4.39. The molecule has 3 rings (SSSR count). The lowest BCUT2D eigenvalue weighted by atomic mass is 10.0. The smallest absolute Gasteiger partial charge is 0.321 e. The summed E-state index contributed by atoms with van der Waals surface area (Å²) in [5.74, 6) is 0. The van der Waals surface area contributed by atoms with E-state index in [1.54, 1.807) is 6.20 Å². The Kier molecular flexibility index (Phi) is 1.82. The molecular formula is C12H13N3O. The first kappa shape index (κ1) is 9.42. The Labute approximate surface area is 92.5 Å². The number of nitrogens with one attached hydrogen (secondary N) is 2. The average molecular weight is 215 g/mol. The van der Waals surface area contributed by atoms with Gasteiger partial charge < -0.3 is 15.7 Å². The lowest BCUT2D eigenvalue weighted by Gasteiger charge is -2.09. The largest absolute Gasteiger partial charge is 0.323 e. The summed E-state index contributed by atoms with van der Waals surface area (Å²) in [5, 5.41) is 0. The number of H-pyrrole nitrogens is 2. The van der Waals surface area contributed by atoms with Gasteiger partial charge >= 0.3 is 5.69 Å². The minimum atomic E-state index is -0.186. The molecule has 4 nitrogen and oxygen atoms in total. The van der Waals surface area contributed by atoms with E-state index in [4.69, 9.17) is 5.73 Å². The number of imidazole rings is 1. The molecule has 1 aromatic carbocycles. The first-order valence-electron chi connectivity index (χ1n) is 5.35. The van der Waals surface area contributed by atoms with Crippen LogP contribution in [0, 0.1) is 0 Å². The fourth-order valence-electron chi connectivity index (χ4n) is 1.91. The predicted octanol–water partition coefficient (Wildman–Crippen LogP) is 1.32. The molecule has 1 saturated carbocycles. The number of rotatable bonds is 2. The van der Waals surface area contributed by atoms with Crippen molar-refractivity contribution in [1.82, 2.24) is 9.97 Å². The van der Waals surface area contributed by atoms with Crippen molar-refractivity contribution in [1.29, 1.82) is 0 Å². The van der Waals surface area contributed by atoms with Crippen LogP contribution in [0.1, 0.15) is 18.4 Å². The summed E-state index contributed by atoms with van der Waals surface area (Å²) in [6.45, 7) is 0. The molecule has 1 fully saturated rings. The normalized spacial score (nSPS) is 17.3. The molecule has 1 aliphatic rings. The molecule has 16 heavy (non-hydrogen) atoms. The fourth-order valence-corrected chi connectivity index (χ4v) is 1.91. The van der Waals surface area contributed by atoms with Gasteiger partial charge in [-0.1, -0.05) is 18.2 Å². The van der Waals surface area contributed by atoms with Crippen LogP contribution in [0.2, 0.25) is 0 Å². The van der Waals surface area contributed by atoms with Gasteiger partial charge in [0.15, 0.2) is 0 Å². The van der Waals surface area contributed by atoms with Crippen LogP contribution in [0.5, 0.6) is 0 Å². The molecule has 0 saturated heterocycles. The Morgan fingerprint density at radius 1 is 1.31 bits per heavy atom. The minimum Gasteiger partial charge on any atom is -0.321 e. The van der Waals surface area contributed by atoms with Crippen molar-refractivity contribution in [3.05, 3.63) is 46.5 Å². The second-order valence-electron chi connectivity index (χ2n) is 4.39. The predicted molar refractivity (Wildman–Crippen MR) is 61.9 cm³/mol. The van der Waals surface area contributed by atoms with E-state index in [1.165, 1.54) is 0 Å². The highest BCUT2D eigenvalue weighted by molar-refractivity contribution is 5.60. The Bertz CT molecular complexity index is 578. The minimum absolute atomic E-state index is 0.132. The number of hydrogen-bond donors (Lipinski definition) is 3.